The molecule has 0 spiro atoms. The van der Waals surface area contributed by atoms with Crippen molar-refractivity contribution in [2.75, 3.05) is 6.54 Å². The average Bonchev–Trinajstić information content (AvgIpc) is 2.70. The molecule has 0 saturated carbocycles. The van der Waals surface area contributed by atoms with Crippen LogP contribution in [0.5, 0.6) is 0 Å². The van der Waals surface area contributed by atoms with Crippen molar-refractivity contribution in [3.05, 3.63) is 0 Å². The number of amides is 2. The normalized spacial score (nSPS) is 31.4. The molecule has 2 atom stereocenters. The van der Waals surface area contributed by atoms with E-state index in [-0.39, 0.29) is 29.6 Å². The molecule has 0 aromatic carbocycles. The molecule has 0 aliphatic carbocycles. The lowest BCUT2D eigenvalue weighted by atomic mass is 9.94. The van der Waals surface area contributed by atoms with E-state index in [1.165, 1.54) is 0 Å². The van der Waals surface area contributed by atoms with Crippen molar-refractivity contribution >= 4 is 11.8 Å². The lowest BCUT2D eigenvalue weighted by Gasteiger charge is -2.43. The van der Waals surface area contributed by atoms with Crippen LogP contribution < -0.4 is 5.32 Å². The van der Waals surface area contributed by atoms with Crippen LogP contribution >= 0.6 is 0 Å². The van der Waals surface area contributed by atoms with E-state index in [0.29, 0.717) is 13.0 Å². The first-order chi connectivity index (χ1) is 9.66. The molecule has 2 aliphatic heterocycles. The van der Waals surface area contributed by atoms with Crippen LogP contribution in [0, 0.1) is 0 Å². The van der Waals surface area contributed by atoms with Crippen molar-refractivity contribution in [3.63, 3.8) is 0 Å². The average molecular weight is 296 g/mol. The number of rotatable bonds is 4. The van der Waals surface area contributed by atoms with E-state index < -0.39 is 5.54 Å². The fourth-order valence-electron chi connectivity index (χ4n) is 3.28. The van der Waals surface area contributed by atoms with Crippen LogP contribution in [-0.2, 0) is 14.3 Å². The van der Waals surface area contributed by atoms with Crippen LogP contribution in [0.15, 0.2) is 0 Å². The maximum absolute atomic E-state index is 12.7. The fourth-order valence-corrected chi connectivity index (χ4v) is 3.28. The minimum absolute atomic E-state index is 0.00569. The quantitative estimate of drug-likeness (QED) is 0.861. The highest BCUT2D eigenvalue weighted by Crippen LogP contribution is 2.31. The van der Waals surface area contributed by atoms with Gasteiger partial charge in [0.05, 0.1) is 11.7 Å². The lowest BCUT2D eigenvalue weighted by Crippen LogP contribution is -2.68. The first-order valence-corrected chi connectivity index (χ1v) is 7.97. The summed E-state index contributed by atoms with van der Waals surface area (Å²) in [7, 11) is 0. The van der Waals surface area contributed by atoms with Gasteiger partial charge in [0.1, 0.15) is 11.6 Å². The van der Waals surface area contributed by atoms with Crippen LogP contribution in [0.4, 0.5) is 0 Å². The van der Waals surface area contributed by atoms with Crippen LogP contribution in [0.1, 0.15) is 60.3 Å². The molecule has 2 heterocycles. The van der Waals surface area contributed by atoms with Gasteiger partial charge in [-0.15, -0.1) is 0 Å². The maximum atomic E-state index is 12.7. The second-order valence-corrected chi connectivity index (χ2v) is 7.41. The molecule has 2 fully saturated rings. The van der Waals surface area contributed by atoms with Gasteiger partial charge < -0.3 is 15.0 Å². The zero-order chi connectivity index (χ0) is 15.8. The molecule has 1 N–H and O–H groups in total. The van der Waals surface area contributed by atoms with Gasteiger partial charge in [-0.3, -0.25) is 9.59 Å². The third kappa shape index (κ3) is 3.39. The van der Waals surface area contributed by atoms with E-state index in [1.54, 1.807) is 18.7 Å². The predicted octanol–water partition coefficient (Wildman–Crippen LogP) is 1.85. The Kier molecular flexibility index (Phi) is 4.34. The lowest BCUT2D eigenvalue weighted by molar-refractivity contribution is -0.156. The molecular weight excluding hydrogens is 268 g/mol. The number of nitrogens with one attached hydrogen (secondary N) is 1. The Balaban J connectivity index is 2.15. The van der Waals surface area contributed by atoms with E-state index in [1.807, 2.05) is 6.92 Å². The number of hydrogen-bond donors (Lipinski definition) is 1. The SMILES string of the molecule is CCCC1C(=O)NC(C)(C)C(=O)N1CC1CCC(C)(C)O1. The largest absolute Gasteiger partial charge is 0.371 e. The molecule has 2 unspecified atom stereocenters. The molecule has 5 heteroatoms. The van der Waals surface area contributed by atoms with E-state index in [9.17, 15) is 9.59 Å². The summed E-state index contributed by atoms with van der Waals surface area (Å²) in [6.45, 7) is 10.2. The summed E-state index contributed by atoms with van der Waals surface area (Å²) in [6, 6.07) is -0.358. The minimum atomic E-state index is -0.824. The fraction of sp³-hybridized carbons (Fsp3) is 0.875. The highest BCUT2D eigenvalue weighted by atomic mass is 16.5. The number of nitrogens with zero attached hydrogens (tertiary/aromatic N) is 1. The van der Waals surface area contributed by atoms with Gasteiger partial charge in [-0.25, -0.2) is 0 Å². The summed E-state index contributed by atoms with van der Waals surface area (Å²) in [5, 5.41) is 2.84. The molecule has 5 nitrogen and oxygen atoms in total. The molecule has 2 rings (SSSR count). The summed E-state index contributed by atoms with van der Waals surface area (Å²) in [5.74, 6) is -0.0486. The summed E-state index contributed by atoms with van der Waals surface area (Å²) >= 11 is 0. The Bertz CT molecular complexity index is 431. The summed E-state index contributed by atoms with van der Waals surface area (Å²) in [6.07, 6.45) is 3.54. The second kappa shape index (κ2) is 5.59. The molecule has 120 valence electrons. The standard InChI is InChI=1S/C16H28N2O3/c1-6-7-12-13(19)17-16(4,5)14(20)18(12)10-11-8-9-15(2,3)21-11/h11-12H,6-10H2,1-5H3,(H,17,19). The Morgan fingerprint density at radius 1 is 1.29 bits per heavy atom. The predicted molar refractivity (Wildman–Crippen MR) is 80.8 cm³/mol. The zero-order valence-corrected chi connectivity index (χ0v) is 13.9. The molecule has 2 saturated heterocycles. The van der Waals surface area contributed by atoms with Crippen LogP contribution in [0.2, 0.25) is 0 Å². The summed E-state index contributed by atoms with van der Waals surface area (Å²) in [5.41, 5.74) is -0.947. The Morgan fingerprint density at radius 3 is 2.48 bits per heavy atom. The number of ether oxygens (including phenoxy) is 1. The van der Waals surface area contributed by atoms with Gasteiger partial charge in [-0.05, 0) is 47.0 Å². The van der Waals surface area contributed by atoms with Crippen molar-refractivity contribution in [1.82, 2.24) is 10.2 Å². The Morgan fingerprint density at radius 2 is 1.95 bits per heavy atom. The smallest absolute Gasteiger partial charge is 0.248 e. The Hall–Kier alpha value is -1.10. The van der Waals surface area contributed by atoms with Gasteiger partial charge in [0, 0.05) is 6.54 Å². The van der Waals surface area contributed by atoms with Gasteiger partial charge in [0.2, 0.25) is 11.8 Å². The van der Waals surface area contributed by atoms with E-state index in [2.05, 4.69) is 19.2 Å². The molecule has 21 heavy (non-hydrogen) atoms. The van der Waals surface area contributed by atoms with Crippen molar-refractivity contribution in [1.29, 1.82) is 0 Å². The number of piperazine rings is 1. The van der Waals surface area contributed by atoms with Crippen LogP contribution in [0.3, 0.4) is 0 Å². The maximum Gasteiger partial charge on any atom is 0.248 e. The van der Waals surface area contributed by atoms with Gasteiger partial charge in [0.25, 0.3) is 0 Å². The van der Waals surface area contributed by atoms with Crippen molar-refractivity contribution in [2.24, 2.45) is 0 Å². The number of carbonyl (C=O) groups excluding carboxylic acids is 2. The van der Waals surface area contributed by atoms with Gasteiger partial charge in [0.15, 0.2) is 0 Å². The zero-order valence-electron chi connectivity index (χ0n) is 13.9. The minimum Gasteiger partial charge on any atom is -0.371 e. The molecule has 2 amide bonds. The van der Waals surface area contributed by atoms with Crippen molar-refractivity contribution < 1.29 is 14.3 Å². The first kappa shape index (κ1) is 16.3. The molecule has 0 bridgehead atoms. The van der Waals surface area contributed by atoms with E-state index in [4.69, 9.17) is 4.74 Å². The highest BCUT2D eigenvalue weighted by Gasteiger charge is 2.46. The third-order valence-electron chi connectivity index (χ3n) is 4.43. The van der Waals surface area contributed by atoms with Crippen LogP contribution in [-0.4, -0.2) is 46.5 Å². The van der Waals surface area contributed by atoms with E-state index >= 15 is 0 Å². The summed E-state index contributed by atoms with van der Waals surface area (Å²) < 4.78 is 6.00. The topological polar surface area (TPSA) is 58.6 Å². The molecule has 0 aromatic rings. The number of carbonyl (C=O) groups is 2. The highest BCUT2D eigenvalue weighted by molar-refractivity contribution is 5.99. The number of hydrogen-bond acceptors (Lipinski definition) is 3. The molecular formula is C16H28N2O3. The van der Waals surface area contributed by atoms with Crippen LogP contribution in [0.25, 0.3) is 0 Å². The van der Waals surface area contributed by atoms with E-state index in [0.717, 1.165) is 19.3 Å². The third-order valence-corrected chi connectivity index (χ3v) is 4.43. The van der Waals surface area contributed by atoms with Gasteiger partial charge >= 0.3 is 0 Å². The molecule has 0 aromatic heterocycles. The van der Waals surface area contributed by atoms with Gasteiger partial charge in [-0.2, -0.15) is 0 Å². The van der Waals surface area contributed by atoms with Gasteiger partial charge in [-0.1, -0.05) is 13.3 Å². The summed E-state index contributed by atoms with van der Waals surface area (Å²) in [4.78, 5) is 26.7. The molecule has 2 aliphatic rings. The van der Waals surface area contributed by atoms with Crippen molar-refractivity contribution in [2.45, 2.75) is 83.6 Å². The second-order valence-electron chi connectivity index (χ2n) is 7.41. The first-order valence-electron chi connectivity index (χ1n) is 7.97. The molecule has 0 radical (unpaired) electrons. The van der Waals surface area contributed by atoms with Crippen molar-refractivity contribution in [3.8, 4) is 0 Å². The Labute approximate surface area is 127 Å². The monoisotopic (exact) mass is 296 g/mol.